The molecule has 1 aliphatic carbocycles. The third kappa shape index (κ3) is 5.28. The van der Waals surface area contributed by atoms with Crippen molar-refractivity contribution in [1.29, 1.82) is 0 Å². The minimum Gasteiger partial charge on any atom is -0.348 e. The third-order valence-electron chi connectivity index (χ3n) is 8.44. The first-order valence-corrected chi connectivity index (χ1v) is 14.3. The summed E-state index contributed by atoms with van der Waals surface area (Å²) in [7, 11) is 0. The molecule has 2 N–H and O–H groups in total. The van der Waals surface area contributed by atoms with Crippen molar-refractivity contribution in [2.75, 3.05) is 13.1 Å². The molecule has 2 aromatic carbocycles. The molecule has 4 aromatic rings. The van der Waals surface area contributed by atoms with Crippen molar-refractivity contribution in [3.05, 3.63) is 87.0 Å². The molecule has 0 atom stereocenters. The Morgan fingerprint density at radius 3 is 2.46 bits per heavy atom. The van der Waals surface area contributed by atoms with Crippen LogP contribution >= 0.6 is 0 Å². The average Bonchev–Trinajstić information content (AvgIpc) is 3.70. The fraction of sp³-hybridized carbons (Fsp3) is 0.406. The monoisotopic (exact) mass is 523 g/mol. The van der Waals surface area contributed by atoms with E-state index >= 15 is 0 Å². The van der Waals surface area contributed by atoms with Crippen molar-refractivity contribution in [3.63, 3.8) is 0 Å². The molecule has 1 aliphatic heterocycles. The fourth-order valence-electron chi connectivity index (χ4n) is 6.31. The number of pyridine rings is 1. The van der Waals surface area contributed by atoms with Gasteiger partial charge in [-0.05, 0) is 93.1 Å². The van der Waals surface area contributed by atoms with Gasteiger partial charge in [-0.25, -0.2) is 0 Å². The Hall–Kier alpha value is -3.71. The van der Waals surface area contributed by atoms with Crippen LogP contribution in [0, 0.1) is 13.8 Å². The SMILES string of the molecule is Cc1cc(C)c(CNC(=O)c2cc(-c3ccc(CN4CCCC4)cc3)cc3c2cnn3C2CCCC2)c(=O)[nH]1. The number of hydrogen-bond donors (Lipinski definition) is 2. The van der Waals surface area contributed by atoms with Crippen LogP contribution in [-0.2, 0) is 13.1 Å². The first-order chi connectivity index (χ1) is 19.0. The van der Waals surface area contributed by atoms with Crippen molar-refractivity contribution in [2.24, 2.45) is 0 Å². The number of nitrogens with one attached hydrogen (secondary N) is 2. The van der Waals surface area contributed by atoms with Crippen LogP contribution in [0.3, 0.4) is 0 Å². The van der Waals surface area contributed by atoms with Gasteiger partial charge in [0.2, 0.25) is 0 Å². The molecule has 0 bridgehead atoms. The van der Waals surface area contributed by atoms with Crippen LogP contribution in [0.5, 0.6) is 0 Å². The Balaban J connectivity index is 1.34. The maximum absolute atomic E-state index is 13.6. The van der Waals surface area contributed by atoms with Crippen LogP contribution in [-0.4, -0.2) is 38.7 Å². The van der Waals surface area contributed by atoms with Crippen LogP contribution in [0.4, 0.5) is 0 Å². The second-order valence-electron chi connectivity index (χ2n) is 11.3. The predicted molar refractivity (Wildman–Crippen MR) is 155 cm³/mol. The molecule has 1 saturated heterocycles. The molecule has 39 heavy (non-hydrogen) atoms. The van der Waals surface area contributed by atoms with E-state index in [1.807, 2.05) is 32.2 Å². The van der Waals surface area contributed by atoms with Gasteiger partial charge in [0.25, 0.3) is 11.5 Å². The Labute approximate surface area is 229 Å². The lowest BCUT2D eigenvalue weighted by Crippen LogP contribution is -2.28. The molecular formula is C32H37N5O2. The Morgan fingerprint density at radius 2 is 1.74 bits per heavy atom. The molecular weight excluding hydrogens is 486 g/mol. The number of aryl methyl sites for hydroxylation is 2. The minimum absolute atomic E-state index is 0.158. The smallest absolute Gasteiger partial charge is 0.253 e. The van der Waals surface area contributed by atoms with Crippen molar-refractivity contribution < 1.29 is 4.79 Å². The molecule has 0 spiro atoms. The van der Waals surface area contributed by atoms with Crippen LogP contribution in [0.15, 0.2) is 53.5 Å². The molecule has 3 heterocycles. The standard InChI is InChI=1S/C32H37N5O2/c1-21-15-22(2)35-32(39)28(21)18-33-31(38)27-16-25(17-30-29(27)19-34-37(30)26-7-3-4-8-26)24-11-9-23(10-12-24)20-36-13-5-6-14-36/h9-12,15-17,19,26H,3-8,13-14,18,20H2,1-2H3,(H,33,38)(H,35,39). The summed E-state index contributed by atoms with van der Waals surface area (Å²) in [5.41, 5.74) is 7.10. The fourth-order valence-corrected chi connectivity index (χ4v) is 6.31. The summed E-state index contributed by atoms with van der Waals surface area (Å²) >= 11 is 0. The summed E-state index contributed by atoms with van der Waals surface area (Å²) in [6, 6.07) is 15.2. The van der Waals surface area contributed by atoms with E-state index in [4.69, 9.17) is 5.10 Å². The highest BCUT2D eigenvalue weighted by Crippen LogP contribution is 2.35. The first-order valence-electron chi connectivity index (χ1n) is 14.3. The lowest BCUT2D eigenvalue weighted by Gasteiger charge is -2.16. The van der Waals surface area contributed by atoms with Crippen molar-refractivity contribution in [1.82, 2.24) is 25.0 Å². The van der Waals surface area contributed by atoms with Crippen LogP contribution in [0.1, 0.15) is 77.3 Å². The number of likely N-dealkylation sites (tertiary alicyclic amines) is 1. The van der Waals surface area contributed by atoms with Crippen molar-refractivity contribution in [3.8, 4) is 11.1 Å². The zero-order valence-corrected chi connectivity index (χ0v) is 22.9. The van der Waals surface area contributed by atoms with Gasteiger partial charge in [-0.1, -0.05) is 37.1 Å². The summed E-state index contributed by atoms with van der Waals surface area (Å²) in [6.45, 7) is 7.28. The van der Waals surface area contributed by atoms with E-state index in [1.165, 1.54) is 44.3 Å². The number of aromatic amines is 1. The van der Waals surface area contributed by atoms with E-state index in [0.717, 1.165) is 52.7 Å². The van der Waals surface area contributed by atoms with Gasteiger partial charge in [-0.3, -0.25) is 19.2 Å². The van der Waals surface area contributed by atoms with Crippen LogP contribution < -0.4 is 10.9 Å². The number of nitrogens with zero attached hydrogens (tertiary/aromatic N) is 3. The topological polar surface area (TPSA) is 83.0 Å². The second-order valence-corrected chi connectivity index (χ2v) is 11.3. The minimum atomic E-state index is -0.196. The summed E-state index contributed by atoms with van der Waals surface area (Å²) in [5, 5.41) is 8.62. The molecule has 7 heteroatoms. The van der Waals surface area contributed by atoms with Gasteiger partial charge >= 0.3 is 0 Å². The van der Waals surface area contributed by atoms with E-state index in [0.29, 0.717) is 17.2 Å². The quantitative estimate of drug-likeness (QED) is 0.328. The molecule has 0 unspecified atom stereocenters. The Morgan fingerprint density at radius 1 is 1.00 bits per heavy atom. The average molecular weight is 524 g/mol. The van der Waals surface area contributed by atoms with Gasteiger partial charge in [0.1, 0.15) is 0 Å². The molecule has 1 amide bonds. The zero-order chi connectivity index (χ0) is 26.9. The number of hydrogen-bond acceptors (Lipinski definition) is 4. The molecule has 6 rings (SSSR count). The van der Waals surface area contributed by atoms with Gasteiger partial charge in [-0.15, -0.1) is 0 Å². The van der Waals surface area contributed by atoms with Crippen LogP contribution in [0.2, 0.25) is 0 Å². The van der Waals surface area contributed by atoms with E-state index in [1.54, 1.807) is 0 Å². The maximum Gasteiger partial charge on any atom is 0.253 e. The van der Waals surface area contributed by atoms with Crippen LogP contribution in [0.25, 0.3) is 22.0 Å². The zero-order valence-electron chi connectivity index (χ0n) is 22.9. The molecule has 202 valence electrons. The normalized spacial score (nSPS) is 16.4. The number of amides is 1. The highest BCUT2D eigenvalue weighted by molar-refractivity contribution is 6.08. The number of rotatable bonds is 7. The van der Waals surface area contributed by atoms with E-state index in [-0.39, 0.29) is 18.0 Å². The molecule has 1 saturated carbocycles. The molecule has 2 aromatic heterocycles. The maximum atomic E-state index is 13.6. The first kappa shape index (κ1) is 25.6. The summed E-state index contributed by atoms with van der Waals surface area (Å²) in [6.07, 6.45) is 9.05. The van der Waals surface area contributed by atoms with E-state index < -0.39 is 0 Å². The highest BCUT2D eigenvalue weighted by atomic mass is 16.1. The van der Waals surface area contributed by atoms with Gasteiger partial charge in [0.15, 0.2) is 0 Å². The number of benzene rings is 2. The van der Waals surface area contributed by atoms with Crippen molar-refractivity contribution in [2.45, 2.75) is 71.5 Å². The summed E-state index contributed by atoms with van der Waals surface area (Å²) in [5.74, 6) is -0.196. The lowest BCUT2D eigenvalue weighted by molar-refractivity contribution is 0.0952. The van der Waals surface area contributed by atoms with Gasteiger partial charge in [-0.2, -0.15) is 5.10 Å². The highest BCUT2D eigenvalue weighted by Gasteiger charge is 2.23. The van der Waals surface area contributed by atoms with Crippen molar-refractivity contribution >= 4 is 16.8 Å². The van der Waals surface area contributed by atoms with Gasteiger partial charge in [0.05, 0.1) is 23.3 Å². The largest absolute Gasteiger partial charge is 0.348 e. The number of fused-ring (bicyclic) bond motifs is 1. The summed E-state index contributed by atoms with van der Waals surface area (Å²) in [4.78, 5) is 31.5. The number of carbonyl (C=O) groups excluding carboxylic acids is 1. The molecule has 0 radical (unpaired) electrons. The van der Waals surface area contributed by atoms with Gasteiger partial charge in [0, 0.05) is 29.7 Å². The number of carbonyl (C=O) groups is 1. The summed E-state index contributed by atoms with van der Waals surface area (Å²) < 4.78 is 2.12. The molecule has 2 aliphatic rings. The third-order valence-corrected chi connectivity index (χ3v) is 8.44. The second kappa shape index (κ2) is 10.8. The molecule has 7 nitrogen and oxygen atoms in total. The Bertz CT molecular complexity index is 1550. The lowest BCUT2D eigenvalue weighted by atomic mass is 9.98. The van der Waals surface area contributed by atoms with Gasteiger partial charge < -0.3 is 10.3 Å². The number of aromatic nitrogens is 3. The number of H-pyrrole nitrogens is 1. The van der Waals surface area contributed by atoms with E-state index in [9.17, 15) is 9.59 Å². The van der Waals surface area contributed by atoms with E-state index in [2.05, 4.69) is 50.2 Å². The predicted octanol–water partition coefficient (Wildman–Crippen LogP) is 5.65. The Kier molecular flexibility index (Phi) is 7.09. The molecule has 2 fully saturated rings.